The Kier molecular flexibility index (Phi) is 4.89. The fourth-order valence-corrected chi connectivity index (χ4v) is 3.07. The summed E-state index contributed by atoms with van der Waals surface area (Å²) in [5, 5.41) is 13.3. The molecule has 2 heterocycles. The van der Waals surface area contributed by atoms with Gasteiger partial charge in [-0.2, -0.15) is 0 Å². The van der Waals surface area contributed by atoms with Crippen molar-refractivity contribution in [2.45, 2.75) is 31.9 Å². The lowest BCUT2D eigenvalue weighted by molar-refractivity contribution is -0.138. The number of aliphatic hydroxyl groups is 1. The summed E-state index contributed by atoms with van der Waals surface area (Å²) >= 11 is 0. The molecular weight excluding hydrogens is 312 g/mol. The summed E-state index contributed by atoms with van der Waals surface area (Å²) in [6, 6.07) is 4.04. The molecular formula is C17H22N2O5. The number of hydrogen-bond donors (Lipinski definition) is 2. The molecule has 0 aliphatic carbocycles. The minimum atomic E-state index is -1.15. The van der Waals surface area contributed by atoms with Gasteiger partial charge in [-0.25, -0.2) is 0 Å². The van der Waals surface area contributed by atoms with Crippen molar-refractivity contribution in [3.63, 3.8) is 0 Å². The number of likely N-dealkylation sites (tertiary alicyclic amines) is 1. The average Bonchev–Trinajstić information content (AvgIpc) is 3.12. The van der Waals surface area contributed by atoms with Gasteiger partial charge < -0.3 is 24.8 Å². The number of amides is 2. The molecule has 0 saturated carbocycles. The number of carbonyl (C=O) groups excluding carboxylic acids is 2. The average molecular weight is 334 g/mol. The summed E-state index contributed by atoms with van der Waals surface area (Å²) in [4.78, 5) is 25.9. The van der Waals surface area contributed by atoms with Crippen LogP contribution in [0.1, 0.15) is 31.4 Å². The largest absolute Gasteiger partial charge is 0.486 e. The standard InChI is InChI=1S/C17H22N2O5/c1-11(20)18-15(17(22)19-6-2-3-7-19)16(21)12-4-5-13-14(10-12)24-9-8-23-13/h4-5,10,15-16,21H,2-3,6-9H2,1H3,(H,18,20)/t15-,16+/m0/s1. The highest BCUT2D eigenvalue weighted by Crippen LogP contribution is 2.33. The predicted octanol–water partition coefficient (Wildman–Crippen LogP) is 0.618. The molecule has 2 aliphatic heterocycles. The first-order valence-corrected chi connectivity index (χ1v) is 8.20. The molecule has 2 aliphatic rings. The van der Waals surface area contributed by atoms with Crippen LogP contribution < -0.4 is 14.8 Å². The Bertz CT molecular complexity index is 627. The van der Waals surface area contributed by atoms with E-state index in [4.69, 9.17) is 9.47 Å². The molecule has 2 N–H and O–H groups in total. The molecule has 130 valence electrons. The Morgan fingerprint density at radius 3 is 2.50 bits per heavy atom. The molecule has 0 bridgehead atoms. The summed E-state index contributed by atoms with van der Waals surface area (Å²) in [6.07, 6.45) is 0.731. The third-order valence-electron chi connectivity index (χ3n) is 4.27. The van der Waals surface area contributed by atoms with E-state index in [1.54, 1.807) is 23.1 Å². The van der Waals surface area contributed by atoms with Gasteiger partial charge in [-0.15, -0.1) is 0 Å². The minimum Gasteiger partial charge on any atom is -0.486 e. The maximum atomic E-state index is 12.7. The first-order valence-electron chi connectivity index (χ1n) is 8.20. The van der Waals surface area contributed by atoms with Gasteiger partial charge in [0.15, 0.2) is 11.5 Å². The van der Waals surface area contributed by atoms with Crippen molar-refractivity contribution < 1.29 is 24.2 Å². The molecule has 24 heavy (non-hydrogen) atoms. The molecule has 2 atom stereocenters. The van der Waals surface area contributed by atoms with Gasteiger partial charge in [-0.3, -0.25) is 9.59 Å². The third kappa shape index (κ3) is 3.46. The second kappa shape index (κ2) is 7.09. The first kappa shape index (κ1) is 16.6. The molecule has 7 heteroatoms. The molecule has 1 aromatic carbocycles. The Labute approximate surface area is 140 Å². The van der Waals surface area contributed by atoms with Crippen molar-refractivity contribution in [2.24, 2.45) is 0 Å². The fourth-order valence-electron chi connectivity index (χ4n) is 3.07. The van der Waals surface area contributed by atoms with Crippen LogP contribution in [0.4, 0.5) is 0 Å². The molecule has 7 nitrogen and oxygen atoms in total. The molecule has 0 radical (unpaired) electrons. The maximum Gasteiger partial charge on any atom is 0.248 e. The van der Waals surface area contributed by atoms with Crippen LogP contribution >= 0.6 is 0 Å². The minimum absolute atomic E-state index is 0.259. The Morgan fingerprint density at radius 1 is 1.17 bits per heavy atom. The number of aliphatic hydroxyl groups excluding tert-OH is 1. The summed E-state index contributed by atoms with van der Waals surface area (Å²) in [5.74, 6) is 0.529. The van der Waals surface area contributed by atoms with E-state index >= 15 is 0 Å². The van der Waals surface area contributed by atoms with Gasteiger partial charge in [0, 0.05) is 20.0 Å². The van der Waals surface area contributed by atoms with Crippen LogP contribution in [0.15, 0.2) is 18.2 Å². The van der Waals surface area contributed by atoms with E-state index in [1.807, 2.05) is 0 Å². The number of nitrogens with zero attached hydrogens (tertiary/aromatic N) is 1. The lowest BCUT2D eigenvalue weighted by Gasteiger charge is -2.28. The van der Waals surface area contributed by atoms with Crippen LogP contribution in [0.25, 0.3) is 0 Å². The highest BCUT2D eigenvalue weighted by molar-refractivity contribution is 5.87. The summed E-state index contributed by atoms with van der Waals surface area (Å²) < 4.78 is 11.0. The van der Waals surface area contributed by atoms with E-state index < -0.39 is 12.1 Å². The van der Waals surface area contributed by atoms with Gasteiger partial charge in [0.1, 0.15) is 25.4 Å². The number of fused-ring (bicyclic) bond motifs is 1. The van der Waals surface area contributed by atoms with E-state index in [9.17, 15) is 14.7 Å². The Hall–Kier alpha value is -2.28. The third-order valence-corrected chi connectivity index (χ3v) is 4.27. The number of nitrogens with one attached hydrogen (secondary N) is 1. The SMILES string of the molecule is CC(=O)N[C@H](C(=O)N1CCCC1)[C@H](O)c1ccc2c(c1)OCCO2. The zero-order valence-corrected chi connectivity index (χ0v) is 13.7. The first-order chi connectivity index (χ1) is 11.6. The van der Waals surface area contributed by atoms with Gasteiger partial charge in [0.2, 0.25) is 11.8 Å². The van der Waals surface area contributed by atoms with E-state index in [2.05, 4.69) is 5.32 Å². The zero-order chi connectivity index (χ0) is 17.1. The van der Waals surface area contributed by atoms with Crippen LogP contribution in [0.3, 0.4) is 0 Å². The van der Waals surface area contributed by atoms with E-state index in [0.717, 1.165) is 12.8 Å². The Balaban J connectivity index is 1.83. The van der Waals surface area contributed by atoms with E-state index in [-0.39, 0.29) is 11.8 Å². The lowest BCUT2D eigenvalue weighted by atomic mass is 10.00. The van der Waals surface area contributed by atoms with Crippen molar-refractivity contribution in [1.29, 1.82) is 0 Å². The van der Waals surface area contributed by atoms with Gasteiger partial charge in [0.05, 0.1) is 0 Å². The summed E-state index contributed by atoms with van der Waals surface area (Å²) in [5.41, 5.74) is 0.505. The smallest absolute Gasteiger partial charge is 0.248 e. The number of benzene rings is 1. The molecule has 2 amide bonds. The van der Waals surface area contributed by atoms with Gasteiger partial charge >= 0.3 is 0 Å². The number of hydrogen-bond acceptors (Lipinski definition) is 5. The predicted molar refractivity (Wildman–Crippen MR) is 85.8 cm³/mol. The second-order valence-corrected chi connectivity index (χ2v) is 6.06. The second-order valence-electron chi connectivity index (χ2n) is 6.06. The van der Waals surface area contributed by atoms with Gasteiger partial charge in [0.25, 0.3) is 0 Å². The molecule has 3 rings (SSSR count). The molecule has 1 fully saturated rings. The monoisotopic (exact) mass is 334 g/mol. The fraction of sp³-hybridized carbons (Fsp3) is 0.529. The van der Waals surface area contributed by atoms with Crippen molar-refractivity contribution in [3.05, 3.63) is 23.8 Å². The van der Waals surface area contributed by atoms with Crippen LogP contribution in [-0.2, 0) is 9.59 Å². The normalized spacial score (nSPS) is 18.8. The van der Waals surface area contributed by atoms with Crippen molar-refractivity contribution in [3.8, 4) is 11.5 Å². The molecule has 1 aromatic rings. The van der Waals surface area contributed by atoms with Gasteiger partial charge in [-0.1, -0.05) is 6.07 Å². The van der Waals surface area contributed by atoms with Crippen molar-refractivity contribution >= 4 is 11.8 Å². The highest BCUT2D eigenvalue weighted by atomic mass is 16.6. The molecule has 0 spiro atoms. The van der Waals surface area contributed by atoms with Crippen LogP contribution in [-0.4, -0.2) is 54.2 Å². The van der Waals surface area contributed by atoms with Gasteiger partial charge in [-0.05, 0) is 30.5 Å². The lowest BCUT2D eigenvalue weighted by Crippen LogP contribution is -2.50. The summed E-state index contributed by atoms with van der Waals surface area (Å²) in [7, 11) is 0. The summed E-state index contributed by atoms with van der Waals surface area (Å²) in [6.45, 7) is 3.57. The number of rotatable bonds is 4. The molecule has 0 aromatic heterocycles. The van der Waals surface area contributed by atoms with Crippen LogP contribution in [0.5, 0.6) is 11.5 Å². The number of ether oxygens (including phenoxy) is 2. The molecule has 1 saturated heterocycles. The zero-order valence-electron chi connectivity index (χ0n) is 13.7. The van der Waals surface area contributed by atoms with Crippen LogP contribution in [0.2, 0.25) is 0 Å². The van der Waals surface area contributed by atoms with Crippen molar-refractivity contribution in [2.75, 3.05) is 26.3 Å². The van der Waals surface area contributed by atoms with Crippen molar-refractivity contribution in [1.82, 2.24) is 10.2 Å². The quantitative estimate of drug-likeness (QED) is 0.843. The highest BCUT2D eigenvalue weighted by Gasteiger charge is 2.34. The van der Waals surface area contributed by atoms with E-state index in [1.165, 1.54) is 6.92 Å². The van der Waals surface area contributed by atoms with E-state index in [0.29, 0.717) is 43.4 Å². The molecule has 0 unspecified atom stereocenters. The topological polar surface area (TPSA) is 88.1 Å². The maximum absolute atomic E-state index is 12.7. The Morgan fingerprint density at radius 2 is 1.83 bits per heavy atom. The number of carbonyl (C=O) groups is 2. The van der Waals surface area contributed by atoms with Crippen LogP contribution in [0, 0.1) is 0 Å².